The summed E-state index contributed by atoms with van der Waals surface area (Å²) in [5.74, 6) is -0.387. The van der Waals surface area contributed by atoms with Gasteiger partial charge >= 0.3 is 0 Å². The SMILES string of the molecule is CCCCCNC(=O)c1cc2n(n1)CCN(Cc1ccc(Cl)c(Cl)c1)C2=O. The molecule has 0 aliphatic carbocycles. The second kappa shape index (κ2) is 8.76. The van der Waals surface area contributed by atoms with Crippen LogP contribution in [0.3, 0.4) is 0 Å². The Bertz CT molecular complexity index is 850. The zero-order valence-electron chi connectivity index (χ0n) is 15.2. The molecule has 2 heterocycles. The fraction of sp³-hybridized carbons (Fsp3) is 0.421. The van der Waals surface area contributed by atoms with E-state index in [1.807, 2.05) is 6.07 Å². The third-order valence-corrected chi connectivity index (χ3v) is 5.26. The molecular weight excluding hydrogens is 387 g/mol. The standard InChI is InChI=1S/C19H22Cl2N4O2/c1-2-3-4-7-22-18(26)16-11-17-19(27)24(8-9-25(17)23-16)12-13-5-6-14(20)15(21)10-13/h5-6,10-11H,2-4,7-9,12H2,1H3,(H,22,26). The Kier molecular flexibility index (Phi) is 6.39. The Labute approximate surface area is 168 Å². The highest BCUT2D eigenvalue weighted by atomic mass is 35.5. The van der Waals surface area contributed by atoms with Crippen molar-refractivity contribution in [3.8, 4) is 0 Å². The lowest BCUT2D eigenvalue weighted by molar-refractivity contribution is 0.0683. The molecule has 1 aromatic heterocycles. The molecule has 0 saturated carbocycles. The van der Waals surface area contributed by atoms with Gasteiger partial charge < -0.3 is 10.2 Å². The molecule has 8 heteroatoms. The minimum absolute atomic E-state index is 0.148. The third kappa shape index (κ3) is 4.62. The Morgan fingerprint density at radius 2 is 2.00 bits per heavy atom. The van der Waals surface area contributed by atoms with Gasteiger partial charge in [0, 0.05) is 25.7 Å². The zero-order chi connectivity index (χ0) is 19.4. The van der Waals surface area contributed by atoms with Crippen molar-refractivity contribution < 1.29 is 9.59 Å². The number of nitrogens with zero attached hydrogens (tertiary/aromatic N) is 3. The van der Waals surface area contributed by atoms with Crippen LogP contribution in [-0.4, -0.2) is 39.6 Å². The molecule has 0 saturated heterocycles. The predicted octanol–water partition coefficient (Wildman–Crippen LogP) is 3.77. The van der Waals surface area contributed by atoms with E-state index < -0.39 is 0 Å². The lowest BCUT2D eigenvalue weighted by Crippen LogP contribution is -2.39. The number of amides is 2. The van der Waals surface area contributed by atoms with E-state index in [0.717, 1.165) is 24.8 Å². The normalized spacial score (nSPS) is 13.6. The van der Waals surface area contributed by atoms with Crippen molar-refractivity contribution in [2.24, 2.45) is 0 Å². The Morgan fingerprint density at radius 1 is 1.19 bits per heavy atom. The molecule has 144 valence electrons. The van der Waals surface area contributed by atoms with E-state index in [1.165, 1.54) is 0 Å². The molecule has 2 amide bonds. The molecule has 1 aliphatic rings. The molecule has 6 nitrogen and oxygen atoms in total. The van der Waals surface area contributed by atoms with Crippen LogP contribution in [0, 0.1) is 0 Å². The lowest BCUT2D eigenvalue weighted by atomic mass is 10.2. The zero-order valence-corrected chi connectivity index (χ0v) is 16.7. The summed E-state index contributed by atoms with van der Waals surface area (Å²) in [4.78, 5) is 26.7. The number of hydrogen-bond donors (Lipinski definition) is 1. The summed E-state index contributed by atoms with van der Waals surface area (Å²) in [6.45, 7) is 4.23. The Morgan fingerprint density at radius 3 is 2.74 bits per heavy atom. The number of carbonyl (C=O) groups is 2. The van der Waals surface area contributed by atoms with Gasteiger partial charge in [0.2, 0.25) is 0 Å². The minimum atomic E-state index is -0.239. The number of hydrogen-bond acceptors (Lipinski definition) is 3. The molecule has 3 rings (SSSR count). The summed E-state index contributed by atoms with van der Waals surface area (Å²) in [7, 11) is 0. The van der Waals surface area contributed by atoms with Gasteiger partial charge in [0.05, 0.1) is 16.6 Å². The van der Waals surface area contributed by atoms with Crippen molar-refractivity contribution in [1.29, 1.82) is 0 Å². The van der Waals surface area contributed by atoms with Crippen molar-refractivity contribution >= 4 is 35.0 Å². The van der Waals surface area contributed by atoms with Crippen molar-refractivity contribution in [3.63, 3.8) is 0 Å². The molecule has 2 aromatic rings. The average Bonchev–Trinajstić information content (AvgIpc) is 3.09. The van der Waals surface area contributed by atoms with Crippen molar-refractivity contribution in [2.45, 2.75) is 39.3 Å². The molecule has 1 aromatic carbocycles. The maximum absolute atomic E-state index is 12.8. The predicted molar refractivity (Wildman–Crippen MR) is 105 cm³/mol. The topological polar surface area (TPSA) is 67.2 Å². The fourth-order valence-electron chi connectivity index (χ4n) is 3.03. The van der Waals surface area contributed by atoms with Crippen LogP contribution in [0.25, 0.3) is 0 Å². The van der Waals surface area contributed by atoms with E-state index in [2.05, 4.69) is 17.3 Å². The maximum atomic E-state index is 12.8. The maximum Gasteiger partial charge on any atom is 0.272 e. The van der Waals surface area contributed by atoms with Gasteiger partial charge in [-0.15, -0.1) is 0 Å². The van der Waals surface area contributed by atoms with E-state index >= 15 is 0 Å². The number of aromatic nitrogens is 2. The lowest BCUT2D eigenvalue weighted by Gasteiger charge is -2.27. The molecule has 0 spiro atoms. The number of rotatable bonds is 7. The van der Waals surface area contributed by atoms with Gasteiger partial charge in [-0.25, -0.2) is 0 Å². The second-order valence-corrected chi connectivity index (χ2v) is 7.39. The first-order valence-corrected chi connectivity index (χ1v) is 9.84. The van der Waals surface area contributed by atoms with Crippen LogP contribution in [0.4, 0.5) is 0 Å². The molecule has 0 unspecified atom stereocenters. The van der Waals surface area contributed by atoms with Crippen LogP contribution < -0.4 is 5.32 Å². The number of benzene rings is 1. The van der Waals surface area contributed by atoms with Crippen LogP contribution in [0.15, 0.2) is 24.3 Å². The van der Waals surface area contributed by atoms with Gasteiger partial charge in [-0.3, -0.25) is 14.3 Å². The van der Waals surface area contributed by atoms with E-state index in [0.29, 0.717) is 41.9 Å². The number of fused-ring (bicyclic) bond motifs is 1. The van der Waals surface area contributed by atoms with Crippen molar-refractivity contribution in [1.82, 2.24) is 20.0 Å². The summed E-state index contributed by atoms with van der Waals surface area (Å²) in [5.41, 5.74) is 1.62. The summed E-state index contributed by atoms with van der Waals surface area (Å²) in [5, 5.41) is 8.09. The monoisotopic (exact) mass is 408 g/mol. The highest BCUT2D eigenvalue weighted by molar-refractivity contribution is 6.42. The smallest absolute Gasteiger partial charge is 0.272 e. The van der Waals surface area contributed by atoms with Crippen LogP contribution in [0.1, 0.15) is 52.7 Å². The third-order valence-electron chi connectivity index (χ3n) is 4.52. The largest absolute Gasteiger partial charge is 0.351 e. The first-order chi connectivity index (χ1) is 13.0. The van der Waals surface area contributed by atoms with Crippen LogP contribution in [0.5, 0.6) is 0 Å². The highest BCUT2D eigenvalue weighted by Gasteiger charge is 2.28. The van der Waals surface area contributed by atoms with Crippen LogP contribution in [0.2, 0.25) is 10.0 Å². The van der Waals surface area contributed by atoms with E-state index in [-0.39, 0.29) is 17.5 Å². The molecule has 1 N–H and O–H groups in total. The van der Waals surface area contributed by atoms with Crippen LogP contribution in [-0.2, 0) is 13.1 Å². The molecule has 27 heavy (non-hydrogen) atoms. The summed E-state index contributed by atoms with van der Waals surface area (Å²) in [6, 6.07) is 6.90. The Hall–Kier alpha value is -2.05. The number of unbranched alkanes of at least 4 members (excludes halogenated alkanes) is 2. The second-order valence-electron chi connectivity index (χ2n) is 6.58. The van der Waals surface area contributed by atoms with Gasteiger partial charge in [0.1, 0.15) is 5.69 Å². The highest BCUT2D eigenvalue weighted by Crippen LogP contribution is 2.24. The van der Waals surface area contributed by atoms with E-state index in [9.17, 15) is 9.59 Å². The molecule has 0 radical (unpaired) electrons. The van der Waals surface area contributed by atoms with Gasteiger partial charge in [-0.2, -0.15) is 5.10 Å². The Balaban J connectivity index is 1.67. The minimum Gasteiger partial charge on any atom is -0.351 e. The fourth-order valence-corrected chi connectivity index (χ4v) is 3.35. The van der Waals surface area contributed by atoms with E-state index in [4.69, 9.17) is 23.2 Å². The van der Waals surface area contributed by atoms with Gasteiger partial charge in [-0.05, 0) is 24.1 Å². The summed E-state index contributed by atoms with van der Waals surface area (Å²) < 4.78 is 1.61. The molecule has 0 bridgehead atoms. The summed E-state index contributed by atoms with van der Waals surface area (Å²) in [6.07, 6.45) is 3.10. The number of halogens is 2. The first kappa shape index (κ1) is 19.7. The van der Waals surface area contributed by atoms with Gasteiger partial charge in [0.15, 0.2) is 5.69 Å². The van der Waals surface area contributed by atoms with Gasteiger partial charge in [-0.1, -0.05) is 49.0 Å². The van der Waals surface area contributed by atoms with Crippen molar-refractivity contribution in [2.75, 3.05) is 13.1 Å². The molecule has 0 atom stereocenters. The number of carbonyl (C=O) groups excluding carboxylic acids is 2. The van der Waals surface area contributed by atoms with E-state index in [1.54, 1.807) is 27.8 Å². The molecular formula is C19H22Cl2N4O2. The molecule has 0 fully saturated rings. The van der Waals surface area contributed by atoms with Crippen molar-refractivity contribution in [3.05, 3.63) is 51.3 Å². The quantitative estimate of drug-likeness (QED) is 0.708. The van der Waals surface area contributed by atoms with Gasteiger partial charge in [0.25, 0.3) is 11.8 Å². The number of nitrogens with one attached hydrogen (secondary N) is 1. The average molecular weight is 409 g/mol. The van der Waals surface area contributed by atoms with Crippen LogP contribution >= 0.6 is 23.2 Å². The first-order valence-electron chi connectivity index (χ1n) is 9.09. The summed E-state index contributed by atoms with van der Waals surface area (Å²) >= 11 is 12.0. The molecule has 1 aliphatic heterocycles.